The topological polar surface area (TPSA) is 42.5 Å². The summed E-state index contributed by atoms with van der Waals surface area (Å²) in [4.78, 5) is 0. The summed E-state index contributed by atoms with van der Waals surface area (Å²) in [6, 6.07) is 3.66. The van der Waals surface area contributed by atoms with Crippen molar-refractivity contribution in [1.82, 2.24) is 5.32 Å². The summed E-state index contributed by atoms with van der Waals surface area (Å²) in [5.41, 5.74) is 0.997. The lowest BCUT2D eigenvalue weighted by Gasteiger charge is -2.21. The van der Waals surface area contributed by atoms with E-state index in [-0.39, 0.29) is 12.3 Å². The number of rotatable bonds is 4. The van der Waals surface area contributed by atoms with Gasteiger partial charge in [-0.15, -0.1) is 0 Å². The number of hydrogen-bond donors (Lipinski definition) is 2. The van der Waals surface area contributed by atoms with Crippen LogP contribution in [0.5, 0.6) is 11.5 Å². The highest BCUT2D eigenvalue weighted by atomic mass is 35.5. The van der Waals surface area contributed by atoms with E-state index in [0.717, 1.165) is 24.5 Å². The summed E-state index contributed by atoms with van der Waals surface area (Å²) in [7, 11) is 0. The number of fused-ring (bicyclic) bond motifs is 1. The Kier molecular flexibility index (Phi) is 3.88. The minimum Gasteiger partial charge on any atom is -0.454 e. The van der Waals surface area contributed by atoms with Crippen LogP contribution in [0.3, 0.4) is 0 Å². The fourth-order valence-electron chi connectivity index (χ4n) is 1.69. The summed E-state index contributed by atoms with van der Waals surface area (Å²) in [5.74, 6) is 1.45. The molecule has 1 aliphatic heterocycles. The molecule has 0 aliphatic carbocycles. The highest BCUT2D eigenvalue weighted by molar-refractivity contribution is 6.33. The van der Waals surface area contributed by atoms with Crippen LogP contribution in [0, 0.1) is 0 Å². The molecule has 0 atom stereocenters. The molecule has 0 spiro atoms. The van der Waals surface area contributed by atoms with Crippen LogP contribution in [0.4, 0.5) is 5.69 Å². The number of halogens is 1. The lowest BCUT2D eigenvalue weighted by atomic mass is 10.1. The first kappa shape index (κ1) is 13.3. The molecule has 1 aromatic carbocycles. The zero-order valence-corrected chi connectivity index (χ0v) is 11.7. The maximum Gasteiger partial charge on any atom is 0.231 e. The summed E-state index contributed by atoms with van der Waals surface area (Å²) >= 11 is 6.16. The molecule has 100 valence electrons. The van der Waals surface area contributed by atoms with Gasteiger partial charge in [0.1, 0.15) is 0 Å². The van der Waals surface area contributed by atoms with Crippen molar-refractivity contribution in [2.75, 3.05) is 25.2 Å². The van der Waals surface area contributed by atoms with Crippen molar-refractivity contribution in [3.63, 3.8) is 0 Å². The molecule has 0 amide bonds. The number of benzene rings is 1. The van der Waals surface area contributed by atoms with Crippen molar-refractivity contribution < 1.29 is 9.47 Å². The Balaban J connectivity index is 1.90. The molecular weight excluding hydrogens is 252 g/mol. The van der Waals surface area contributed by atoms with Gasteiger partial charge in [0.05, 0.1) is 10.7 Å². The lowest BCUT2D eigenvalue weighted by Crippen LogP contribution is -2.38. The zero-order chi connectivity index (χ0) is 13.2. The number of ether oxygens (including phenoxy) is 2. The summed E-state index contributed by atoms with van der Waals surface area (Å²) < 4.78 is 10.6. The van der Waals surface area contributed by atoms with E-state index in [4.69, 9.17) is 21.1 Å². The van der Waals surface area contributed by atoms with E-state index < -0.39 is 0 Å². The molecule has 0 saturated carbocycles. The van der Waals surface area contributed by atoms with Gasteiger partial charge in [-0.2, -0.15) is 0 Å². The Morgan fingerprint density at radius 3 is 2.50 bits per heavy atom. The van der Waals surface area contributed by atoms with Gasteiger partial charge >= 0.3 is 0 Å². The fraction of sp³-hybridized carbons (Fsp3) is 0.538. The molecule has 2 rings (SSSR count). The van der Waals surface area contributed by atoms with Crippen LogP contribution in [-0.2, 0) is 0 Å². The molecule has 0 saturated heterocycles. The monoisotopic (exact) mass is 270 g/mol. The van der Waals surface area contributed by atoms with E-state index in [9.17, 15) is 0 Å². The molecule has 0 unspecified atom stereocenters. The molecule has 4 nitrogen and oxygen atoms in total. The van der Waals surface area contributed by atoms with E-state index in [1.54, 1.807) is 6.07 Å². The third kappa shape index (κ3) is 3.43. The van der Waals surface area contributed by atoms with Crippen molar-refractivity contribution in [3.05, 3.63) is 17.2 Å². The largest absolute Gasteiger partial charge is 0.454 e. The van der Waals surface area contributed by atoms with Crippen LogP contribution >= 0.6 is 11.6 Å². The zero-order valence-electron chi connectivity index (χ0n) is 11.0. The first-order valence-corrected chi connectivity index (χ1v) is 6.41. The van der Waals surface area contributed by atoms with Crippen LogP contribution in [0.25, 0.3) is 0 Å². The van der Waals surface area contributed by atoms with Crippen LogP contribution in [0.2, 0.25) is 5.02 Å². The second kappa shape index (κ2) is 5.24. The van der Waals surface area contributed by atoms with Gasteiger partial charge in [-0.25, -0.2) is 0 Å². The van der Waals surface area contributed by atoms with Crippen LogP contribution in [0.15, 0.2) is 12.1 Å². The molecule has 2 N–H and O–H groups in total. The van der Waals surface area contributed by atoms with E-state index in [1.807, 2.05) is 6.07 Å². The first-order valence-electron chi connectivity index (χ1n) is 6.04. The molecule has 0 radical (unpaired) electrons. The van der Waals surface area contributed by atoms with Crippen molar-refractivity contribution in [2.45, 2.75) is 26.3 Å². The van der Waals surface area contributed by atoms with Gasteiger partial charge in [0.15, 0.2) is 11.5 Å². The second-order valence-corrected chi connectivity index (χ2v) is 5.70. The fourth-order valence-corrected chi connectivity index (χ4v) is 1.91. The second-order valence-electron chi connectivity index (χ2n) is 5.29. The third-order valence-corrected chi connectivity index (χ3v) is 2.87. The summed E-state index contributed by atoms with van der Waals surface area (Å²) in [5, 5.41) is 7.34. The van der Waals surface area contributed by atoms with Gasteiger partial charge in [-0.3, -0.25) is 0 Å². The third-order valence-electron chi connectivity index (χ3n) is 2.56. The van der Waals surface area contributed by atoms with Crippen LogP contribution < -0.4 is 20.1 Å². The van der Waals surface area contributed by atoms with Crippen molar-refractivity contribution in [2.24, 2.45) is 0 Å². The average Bonchev–Trinajstić information content (AvgIpc) is 2.70. The van der Waals surface area contributed by atoms with Gasteiger partial charge in [0.25, 0.3) is 0 Å². The first-order chi connectivity index (χ1) is 8.46. The van der Waals surface area contributed by atoms with E-state index in [1.165, 1.54) is 0 Å². The van der Waals surface area contributed by atoms with Crippen LogP contribution in [0.1, 0.15) is 20.8 Å². The quantitative estimate of drug-likeness (QED) is 0.826. The molecular formula is C13H19ClN2O2. The molecule has 1 aliphatic rings. The average molecular weight is 271 g/mol. The number of nitrogens with one attached hydrogen (secondary N) is 2. The van der Waals surface area contributed by atoms with E-state index in [0.29, 0.717) is 10.8 Å². The van der Waals surface area contributed by atoms with E-state index in [2.05, 4.69) is 31.4 Å². The Labute approximate surface area is 113 Å². The molecule has 0 aromatic heterocycles. The molecule has 1 aromatic rings. The van der Waals surface area contributed by atoms with E-state index >= 15 is 0 Å². The van der Waals surface area contributed by atoms with Gasteiger partial charge in [0.2, 0.25) is 6.79 Å². The summed E-state index contributed by atoms with van der Waals surface area (Å²) in [6.07, 6.45) is 0. The predicted molar refractivity (Wildman–Crippen MR) is 73.8 cm³/mol. The Hall–Kier alpha value is -1.13. The van der Waals surface area contributed by atoms with Gasteiger partial charge in [-0.05, 0) is 20.8 Å². The normalized spacial score (nSPS) is 13.8. The maximum atomic E-state index is 6.16. The van der Waals surface area contributed by atoms with Crippen molar-refractivity contribution in [3.8, 4) is 11.5 Å². The van der Waals surface area contributed by atoms with Gasteiger partial charge in [0, 0.05) is 30.8 Å². The SMILES string of the molecule is CC(C)(C)NCCNc1cc2c(cc1Cl)OCO2. The minimum absolute atomic E-state index is 0.125. The minimum atomic E-state index is 0.125. The number of hydrogen-bond acceptors (Lipinski definition) is 4. The van der Waals surface area contributed by atoms with Crippen LogP contribution in [-0.4, -0.2) is 25.4 Å². The predicted octanol–water partition coefficient (Wildman–Crippen LogP) is 2.87. The Morgan fingerprint density at radius 1 is 1.17 bits per heavy atom. The molecule has 18 heavy (non-hydrogen) atoms. The van der Waals surface area contributed by atoms with Gasteiger partial charge < -0.3 is 20.1 Å². The van der Waals surface area contributed by atoms with Crippen molar-refractivity contribution >= 4 is 17.3 Å². The lowest BCUT2D eigenvalue weighted by molar-refractivity contribution is 0.174. The van der Waals surface area contributed by atoms with Gasteiger partial charge in [-0.1, -0.05) is 11.6 Å². The molecule has 1 heterocycles. The Morgan fingerprint density at radius 2 is 1.83 bits per heavy atom. The highest BCUT2D eigenvalue weighted by Crippen LogP contribution is 2.39. The summed E-state index contributed by atoms with van der Waals surface area (Å²) in [6.45, 7) is 8.35. The highest BCUT2D eigenvalue weighted by Gasteiger charge is 2.16. The smallest absolute Gasteiger partial charge is 0.231 e. The molecule has 0 bridgehead atoms. The molecule has 5 heteroatoms. The number of anilines is 1. The van der Waals surface area contributed by atoms with Crippen molar-refractivity contribution in [1.29, 1.82) is 0 Å². The Bertz CT molecular complexity index is 430. The maximum absolute atomic E-state index is 6.16. The molecule has 0 fully saturated rings. The standard InChI is InChI=1S/C13H19ClN2O2/c1-13(2,3)16-5-4-15-10-7-12-11(6-9(10)14)17-8-18-12/h6-7,15-16H,4-5,8H2,1-3H3.